The number of fused-ring (bicyclic) bond motifs is 1. The molecule has 2 rings (SSSR count). The Bertz CT molecular complexity index is 493. The van der Waals surface area contributed by atoms with Gasteiger partial charge in [-0.1, -0.05) is 37.2 Å². The summed E-state index contributed by atoms with van der Waals surface area (Å²) in [6.07, 6.45) is 0. The zero-order valence-electron chi connectivity index (χ0n) is 8.74. The molecular formula is C10H11ClN2S2. The molecule has 2 aromatic rings. The number of thiophene rings is 1. The Morgan fingerprint density at radius 2 is 2.13 bits per heavy atom. The van der Waals surface area contributed by atoms with Gasteiger partial charge in [0.25, 0.3) is 0 Å². The maximum absolute atomic E-state index is 6.10. The average Bonchev–Trinajstić information content (AvgIpc) is 2.44. The molecule has 0 saturated heterocycles. The van der Waals surface area contributed by atoms with Gasteiger partial charge in [-0.15, -0.1) is 11.3 Å². The van der Waals surface area contributed by atoms with Crippen LogP contribution in [0.25, 0.3) is 10.2 Å². The van der Waals surface area contributed by atoms with Gasteiger partial charge >= 0.3 is 0 Å². The molecule has 0 radical (unpaired) electrons. The van der Waals surface area contributed by atoms with Crippen molar-refractivity contribution in [3.63, 3.8) is 0 Å². The number of aryl methyl sites for hydroxylation is 1. The summed E-state index contributed by atoms with van der Waals surface area (Å²) < 4.78 is 0. The van der Waals surface area contributed by atoms with Gasteiger partial charge in [0.2, 0.25) is 0 Å². The van der Waals surface area contributed by atoms with Crippen LogP contribution in [0.5, 0.6) is 0 Å². The molecule has 0 saturated carbocycles. The molecule has 0 aromatic carbocycles. The predicted octanol–water partition coefficient (Wildman–Crippen LogP) is 4.15. The summed E-state index contributed by atoms with van der Waals surface area (Å²) in [5.74, 6) is 0. The number of rotatable bonds is 2. The molecular weight excluding hydrogens is 248 g/mol. The maximum Gasteiger partial charge on any atom is 0.190 e. The van der Waals surface area contributed by atoms with Crippen molar-refractivity contribution in [2.24, 2.45) is 0 Å². The summed E-state index contributed by atoms with van der Waals surface area (Å²) in [5.41, 5.74) is 0. The number of hydrogen-bond acceptors (Lipinski definition) is 4. The van der Waals surface area contributed by atoms with Gasteiger partial charge in [-0.3, -0.25) is 0 Å². The minimum absolute atomic E-state index is 0.472. The SMILES string of the molecule is Cc1cc2c(Cl)nc(SC(C)C)nc2s1. The first-order valence-electron chi connectivity index (χ1n) is 4.66. The number of nitrogens with zero attached hydrogens (tertiary/aromatic N) is 2. The third-order valence-corrected chi connectivity index (χ3v) is 3.89. The Labute approximate surface area is 102 Å². The van der Waals surface area contributed by atoms with E-state index in [-0.39, 0.29) is 0 Å². The molecule has 2 aromatic heterocycles. The van der Waals surface area contributed by atoms with E-state index in [0.29, 0.717) is 10.4 Å². The summed E-state index contributed by atoms with van der Waals surface area (Å²) in [6.45, 7) is 6.29. The summed E-state index contributed by atoms with van der Waals surface area (Å²) in [6, 6.07) is 2.03. The van der Waals surface area contributed by atoms with Crippen LogP contribution >= 0.6 is 34.7 Å². The number of thioether (sulfide) groups is 1. The topological polar surface area (TPSA) is 25.8 Å². The molecule has 0 spiro atoms. The van der Waals surface area contributed by atoms with Crippen LogP contribution in [-0.4, -0.2) is 15.2 Å². The third kappa shape index (κ3) is 2.44. The summed E-state index contributed by atoms with van der Waals surface area (Å²) >= 11 is 9.40. The van der Waals surface area contributed by atoms with E-state index < -0.39 is 0 Å². The lowest BCUT2D eigenvalue weighted by atomic mass is 10.4. The monoisotopic (exact) mass is 258 g/mol. The first kappa shape index (κ1) is 11.2. The Hall–Kier alpha value is -0.320. The van der Waals surface area contributed by atoms with Gasteiger partial charge in [0.05, 0.1) is 0 Å². The van der Waals surface area contributed by atoms with Crippen molar-refractivity contribution in [3.8, 4) is 0 Å². The van der Waals surface area contributed by atoms with Crippen molar-refractivity contribution in [1.29, 1.82) is 0 Å². The highest BCUT2D eigenvalue weighted by molar-refractivity contribution is 7.99. The van der Waals surface area contributed by atoms with Gasteiger partial charge in [-0.25, -0.2) is 9.97 Å². The largest absolute Gasteiger partial charge is 0.211 e. The minimum atomic E-state index is 0.472. The van der Waals surface area contributed by atoms with Crippen molar-refractivity contribution in [1.82, 2.24) is 9.97 Å². The van der Waals surface area contributed by atoms with Crippen LogP contribution in [0.1, 0.15) is 18.7 Å². The molecule has 0 bridgehead atoms. The predicted molar refractivity (Wildman–Crippen MR) is 68.2 cm³/mol. The fourth-order valence-corrected chi connectivity index (χ4v) is 3.23. The van der Waals surface area contributed by atoms with Crippen LogP contribution in [0.4, 0.5) is 0 Å². The molecule has 5 heteroatoms. The van der Waals surface area contributed by atoms with E-state index in [2.05, 4.69) is 30.7 Å². The zero-order chi connectivity index (χ0) is 11.0. The van der Waals surface area contributed by atoms with Gasteiger partial charge in [0.15, 0.2) is 5.16 Å². The molecule has 0 aliphatic carbocycles. The van der Waals surface area contributed by atoms with Crippen molar-refractivity contribution in [2.45, 2.75) is 31.2 Å². The Kier molecular flexibility index (Phi) is 3.19. The van der Waals surface area contributed by atoms with Gasteiger partial charge in [0, 0.05) is 15.5 Å². The highest BCUT2D eigenvalue weighted by atomic mass is 35.5. The Balaban J connectivity index is 2.51. The second-order valence-corrected chi connectivity index (χ2v) is 6.68. The van der Waals surface area contributed by atoms with Crippen molar-refractivity contribution in [3.05, 3.63) is 16.1 Å². The summed E-state index contributed by atoms with van der Waals surface area (Å²) in [4.78, 5) is 11.0. The van der Waals surface area contributed by atoms with Crippen molar-refractivity contribution in [2.75, 3.05) is 0 Å². The average molecular weight is 259 g/mol. The van der Waals surface area contributed by atoms with Crippen LogP contribution in [0.15, 0.2) is 11.2 Å². The van der Waals surface area contributed by atoms with E-state index in [1.165, 1.54) is 4.88 Å². The lowest BCUT2D eigenvalue weighted by Crippen LogP contribution is -1.92. The van der Waals surface area contributed by atoms with Crippen LogP contribution in [0.3, 0.4) is 0 Å². The van der Waals surface area contributed by atoms with Crippen LogP contribution in [-0.2, 0) is 0 Å². The standard InChI is InChI=1S/C10H11ClN2S2/c1-5(2)14-10-12-8(11)7-4-6(3)15-9(7)13-10/h4-5H,1-3H3. The van der Waals surface area contributed by atoms with Crippen LogP contribution in [0.2, 0.25) is 5.15 Å². The second-order valence-electron chi connectivity index (χ2n) is 3.54. The number of aromatic nitrogens is 2. The van der Waals surface area contributed by atoms with E-state index in [1.807, 2.05) is 6.07 Å². The molecule has 0 amide bonds. The summed E-state index contributed by atoms with van der Waals surface area (Å²) in [5, 5.41) is 2.77. The Morgan fingerprint density at radius 3 is 2.80 bits per heavy atom. The first-order chi connectivity index (χ1) is 7.06. The highest BCUT2D eigenvalue weighted by Crippen LogP contribution is 2.31. The number of hydrogen-bond donors (Lipinski definition) is 0. The molecule has 0 N–H and O–H groups in total. The first-order valence-corrected chi connectivity index (χ1v) is 6.74. The molecule has 2 heterocycles. The zero-order valence-corrected chi connectivity index (χ0v) is 11.1. The lowest BCUT2D eigenvalue weighted by molar-refractivity contribution is 0.990. The second kappa shape index (κ2) is 4.28. The molecule has 0 aliphatic heterocycles. The van der Waals surface area contributed by atoms with Gasteiger partial charge < -0.3 is 0 Å². The molecule has 0 aliphatic rings. The molecule has 2 nitrogen and oxygen atoms in total. The van der Waals surface area contributed by atoms with E-state index in [0.717, 1.165) is 15.4 Å². The molecule has 0 atom stereocenters. The van der Waals surface area contributed by atoms with Gasteiger partial charge in [0.1, 0.15) is 9.98 Å². The fraction of sp³-hybridized carbons (Fsp3) is 0.400. The maximum atomic E-state index is 6.10. The van der Waals surface area contributed by atoms with Crippen molar-refractivity contribution >= 4 is 44.9 Å². The van der Waals surface area contributed by atoms with E-state index >= 15 is 0 Å². The molecule has 0 fully saturated rings. The van der Waals surface area contributed by atoms with Gasteiger partial charge in [-0.2, -0.15) is 0 Å². The summed E-state index contributed by atoms with van der Waals surface area (Å²) in [7, 11) is 0. The van der Waals surface area contributed by atoms with Crippen molar-refractivity contribution < 1.29 is 0 Å². The Morgan fingerprint density at radius 1 is 1.40 bits per heavy atom. The molecule has 0 unspecified atom stereocenters. The molecule has 15 heavy (non-hydrogen) atoms. The quantitative estimate of drug-likeness (QED) is 0.460. The normalized spacial score (nSPS) is 11.5. The third-order valence-electron chi connectivity index (χ3n) is 1.79. The number of halogens is 1. The van der Waals surface area contributed by atoms with Crippen LogP contribution < -0.4 is 0 Å². The fourth-order valence-electron chi connectivity index (χ4n) is 1.25. The minimum Gasteiger partial charge on any atom is -0.211 e. The highest BCUT2D eigenvalue weighted by Gasteiger charge is 2.10. The molecule has 80 valence electrons. The smallest absolute Gasteiger partial charge is 0.190 e. The van der Waals surface area contributed by atoms with E-state index in [1.54, 1.807) is 23.1 Å². The van der Waals surface area contributed by atoms with Crippen LogP contribution in [0, 0.1) is 6.92 Å². The van der Waals surface area contributed by atoms with E-state index in [9.17, 15) is 0 Å². The lowest BCUT2D eigenvalue weighted by Gasteiger charge is -2.03. The van der Waals surface area contributed by atoms with E-state index in [4.69, 9.17) is 11.6 Å². The van der Waals surface area contributed by atoms with Gasteiger partial charge in [-0.05, 0) is 13.0 Å².